The molecule has 7 nitrogen and oxygen atoms in total. The highest BCUT2D eigenvalue weighted by atomic mass is 35.5. The van der Waals surface area contributed by atoms with E-state index in [0.717, 1.165) is 21.7 Å². The van der Waals surface area contributed by atoms with Crippen molar-refractivity contribution in [1.29, 1.82) is 0 Å². The van der Waals surface area contributed by atoms with Gasteiger partial charge in [-0.1, -0.05) is 41.9 Å². The molecule has 0 saturated heterocycles. The van der Waals surface area contributed by atoms with Gasteiger partial charge in [-0.25, -0.2) is 8.42 Å². The van der Waals surface area contributed by atoms with Gasteiger partial charge >= 0.3 is 0 Å². The van der Waals surface area contributed by atoms with Crippen molar-refractivity contribution in [3.8, 4) is 0 Å². The fourth-order valence-corrected chi connectivity index (χ4v) is 4.49. The Morgan fingerprint density at radius 1 is 1.03 bits per heavy atom. The molecule has 1 N–H and O–H groups in total. The molecule has 0 bridgehead atoms. The molecule has 0 saturated carbocycles. The summed E-state index contributed by atoms with van der Waals surface area (Å²) in [4.78, 5) is 27.7. The molecule has 0 aromatic heterocycles. The molecule has 0 heterocycles. The first kappa shape index (κ1) is 26.7. The standard InChI is InChI=1S/C24H32ClN3O4S/c1-16(2)26-24(30)19(5)27(14-20-11-8-7-10-17(20)3)23(29)15-28(33(6,31)32)22-13-9-12-21(25)18(22)4/h7-13,16,19H,14-15H2,1-6H3,(H,26,30)/t19-/m0/s1. The average Bonchev–Trinajstić information content (AvgIpc) is 2.71. The van der Waals surface area contributed by atoms with E-state index < -0.39 is 28.5 Å². The van der Waals surface area contributed by atoms with Gasteiger partial charge in [0.05, 0.1) is 11.9 Å². The Kier molecular flexibility index (Phi) is 8.91. The number of nitrogens with zero attached hydrogens (tertiary/aromatic N) is 2. The SMILES string of the molecule is Cc1ccccc1CN(C(=O)CN(c1cccc(Cl)c1C)S(C)(=O)=O)[C@@H](C)C(=O)NC(C)C. The zero-order valence-corrected chi connectivity index (χ0v) is 21.5. The van der Waals surface area contributed by atoms with Crippen LogP contribution in [0.4, 0.5) is 5.69 Å². The Labute approximate surface area is 201 Å². The van der Waals surface area contributed by atoms with Crippen molar-refractivity contribution in [2.24, 2.45) is 0 Å². The number of aryl methyl sites for hydroxylation is 1. The highest BCUT2D eigenvalue weighted by Gasteiger charge is 2.31. The van der Waals surface area contributed by atoms with E-state index >= 15 is 0 Å². The number of sulfonamides is 1. The lowest BCUT2D eigenvalue weighted by Gasteiger charge is -2.32. The summed E-state index contributed by atoms with van der Waals surface area (Å²) in [6.07, 6.45) is 1.04. The monoisotopic (exact) mass is 493 g/mol. The van der Waals surface area contributed by atoms with Crippen molar-refractivity contribution in [2.75, 3.05) is 17.1 Å². The van der Waals surface area contributed by atoms with Crippen LogP contribution >= 0.6 is 11.6 Å². The van der Waals surface area contributed by atoms with Crippen LogP contribution in [0.2, 0.25) is 5.02 Å². The molecule has 0 unspecified atom stereocenters. The first-order valence-electron chi connectivity index (χ1n) is 10.7. The number of hydrogen-bond acceptors (Lipinski definition) is 4. The maximum Gasteiger partial charge on any atom is 0.244 e. The predicted molar refractivity (Wildman–Crippen MR) is 133 cm³/mol. The van der Waals surface area contributed by atoms with Gasteiger partial charge < -0.3 is 10.2 Å². The third-order valence-electron chi connectivity index (χ3n) is 5.39. The van der Waals surface area contributed by atoms with E-state index in [2.05, 4.69) is 5.32 Å². The molecule has 0 spiro atoms. The van der Waals surface area contributed by atoms with Gasteiger partial charge in [-0.3, -0.25) is 13.9 Å². The quantitative estimate of drug-likeness (QED) is 0.577. The van der Waals surface area contributed by atoms with E-state index in [1.54, 1.807) is 32.0 Å². The first-order chi connectivity index (χ1) is 15.3. The molecule has 0 aliphatic carbocycles. The van der Waals surface area contributed by atoms with Crippen molar-refractivity contribution >= 4 is 39.1 Å². The van der Waals surface area contributed by atoms with Gasteiger partial charge in [-0.05, 0) is 63.4 Å². The maximum atomic E-state index is 13.5. The van der Waals surface area contributed by atoms with Gasteiger partial charge in [0, 0.05) is 17.6 Å². The fraction of sp³-hybridized carbons (Fsp3) is 0.417. The lowest BCUT2D eigenvalue weighted by atomic mass is 10.1. The van der Waals surface area contributed by atoms with Crippen LogP contribution in [0, 0.1) is 13.8 Å². The second-order valence-corrected chi connectivity index (χ2v) is 10.8. The number of nitrogens with one attached hydrogen (secondary N) is 1. The van der Waals surface area contributed by atoms with Crippen LogP contribution in [0.1, 0.15) is 37.5 Å². The Balaban J connectivity index is 2.45. The minimum absolute atomic E-state index is 0.100. The number of amides is 2. The largest absolute Gasteiger partial charge is 0.352 e. The Hall–Kier alpha value is -2.58. The third-order valence-corrected chi connectivity index (χ3v) is 6.92. The van der Waals surface area contributed by atoms with Crippen molar-refractivity contribution in [1.82, 2.24) is 10.2 Å². The molecule has 180 valence electrons. The van der Waals surface area contributed by atoms with Gasteiger partial charge in [0.1, 0.15) is 12.6 Å². The van der Waals surface area contributed by atoms with Crippen molar-refractivity contribution in [3.63, 3.8) is 0 Å². The van der Waals surface area contributed by atoms with Crippen molar-refractivity contribution < 1.29 is 18.0 Å². The normalized spacial score (nSPS) is 12.4. The van der Waals surface area contributed by atoms with Gasteiger partial charge in [0.15, 0.2) is 0 Å². The number of anilines is 1. The van der Waals surface area contributed by atoms with E-state index in [1.165, 1.54) is 4.90 Å². The molecule has 0 radical (unpaired) electrons. The zero-order chi connectivity index (χ0) is 24.9. The van der Waals surface area contributed by atoms with E-state index in [4.69, 9.17) is 11.6 Å². The molecule has 2 aromatic carbocycles. The van der Waals surface area contributed by atoms with Crippen LogP contribution in [-0.2, 0) is 26.2 Å². The molecule has 1 atom stereocenters. The number of carbonyl (C=O) groups is 2. The fourth-order valence-electron chi connectivity index (χ4n) is 3.42. The maximum absolute atomic E-state index is 13.5. The van der Waals surface area contributed by atoms with E-state index in [0.29, 0.717) is 16.3 Å². The zero-order valence-electron chi connectivity index (χ0n) is 19.9. The summed E-state index contributed by atoms with van der Waals surface area (Å²) in [5.74, 6) is -0.800. The molecule has 2 amide bonds. The van der Waals surface area contributed by atoms with E-state index in [1.807, 2.05) is 45.0 Å². The second-order valence-electron chi connectivity index (χ2n) is 8.44. The van der Waals surface area contributed by atoms with Gasteiger partial charge in [-0.2, -0.15) is 0 Å². The highest BCUT2D eigenvalue weighted by Crippen LogP contribution is 2.28. The number of benzene rings is 2. The van der Waals surface area contributed by atoms with Crippen molar-refractivity contribution in [3.05, 3.63) is 64.2 Å². The minimum atomic E-state index is -3.81. The molecule has 9 heteroatoms. The smallest absolute Gasteiger partial charge is 0.244 e. The summed E-state index contributed by atoms with van der Waals surface area (Å²) in [5, 5.41) is 3.23. The number of hydrogen-bond donors (Lipinski definition) is 1. The van der Waals surface area contributed by atoms with Crippen molar-refractivity contribution in [2.45, 2.75) is 53.2 Å². The van der Waals surface area contributed by atoms with Crippen LogP contribution in [0.15, 0.2) is 42.5 Å². The summed E-state index contributed by atoms with van der Waals surface area (Å²) >= 11 is 6.20. The Morgan fingerprint density at radius 3 is 2.24 bits per heavy atom. The molecule has 0 aliphatic rings. The summed E-state index contributed by atoms with van der Waals surface area (Å²) in [5.41, 5.74) is 2.72. The average molecular weight is 494 g/mol. The van der Waals surface area contributed by atoms with Gasteiger partial charge in [0.25, 0.3) is 0 Å². The number of halogens is 1. The van der Waals surface area contributed by atoms with Gasteiger partial charge in [0.2, 0.25) is 21.8 Å². The van der Waals surface area contributed by atoms with Crippen LogP contribution in [0.5, 0.6) is 0 Å². The summed E-state index contributed by atoms with van der Waals surface area (Å²) in [6, 6.07) is 11.6. The predicted octanol–water partition coefficient (Wildman–Crippen LogP) is 3.66. The lowest BCUT2D eigenvalue weighted by Crippen LogP contribution is -2.52. The van der Waals surface area contributed by atoms with E-state index in [-0.39, 0.29) is 18.5 Å². The minimum Gasteiger partial charge on any atom is -0.352 e. The molecule has 0 fully saturated rings. The molecular formula is C24H32ClN3O4S. The highest BCUT2D eigenvalue weighted by molar-refractivity contribution is 7.92. The molecule has 2 aromatic rings. The third kappa shape index (κ3) is 6.95. The Morgan fingerprint density at radius 2 is 1.67 bits per heavy atom. The second kappa shape index (κ2) is 11.0. The van der Waals surface area contributed by atoms with Crippen LogP contribution in [0.25, 0.3) is 0 Å². The van der Waals surface area contributed by atoms with Gasteiger partial charge in [-0.15, -0.1) is 0 Å². The van der Waals surface area contributed by atoms with Crippen LogP contribution in [-0.4, -0.2) is 50.0 Å². The van der Waals surface area contributed by atoms with Crippen LogP contribution in [0.3, 0.4) is 0 Å². The Bertz CT molecular complexity index is 1120. The number of rotatable bonds is 9. The summed E-state index contributed by atoms with van der Waals surface area (Å²) < 4.78 is 26.3. The lowest BCUT2D eigenvalue weighted by molar-refractivity contribution is -0.139. The first-order valence-corrected chi connectivity index (χ1v) is 12.9. The molecule has 33 heavy (non-hydrogen) atoms. The topological polar surface area (TPSA) is 86.8 Å². The summed E-state index contributed by atoms with van der Waals surface area (Å²) in [6.45, 7) is 8.66. The molecular weight excluding hydrogens is 462 g/mol. The van der Waals surface area contributed by atoms with E-state index in [9.17, 15) is 18.0 Å². The molecule has 0 aliphatic heterocycles. The summed E-state index contributed by atoms with van der Waals surface area (Å²) in [7, 11) is -3.81. The molecule has 2 rings (SSSR count). The number of carbonyl (C=O) groups excluding carboxylic acids is 2. The van der Waals surface area contributed by atoms with Crippen LogP contribution < -0.4 is 9.62 Å².